The highest BCUT2D eigenvalue weighted by Gasteiger charge is 2.17. The van der Waals surface area contributed by atoms with Crippen LogP contribution in [0.1, 0.15) is 0 Å². The molecule has 0 amide bonds. The largest absolute Gasteiger partial charge is 0.496 e. The van der Waals surface area contributed by atoms with Crippen molar-refractivity contribution in [2.75, 3.05) is 12.4 Å². The summed E-state index contributed by atoms with van der Waals surface area (Å²) in [6, 6.07) is 11.7. The van der Waals surface area contributed by atoms with E-state index in [0.29, 0.717) is 16.8 Å². The first-order valence-corrected chi connectivity index (χ1v) is 6.98. The monoisotopic (exact) mass is 330 g/mol. The van der Waals surface area contributed by atoms with Crippen LogP contribution in [0, 0.1) is 10.1 Å². The van der Waals surface area contributed by atoms with Gasteiger partial charge in [-0.15, -0.1) is 0 Å². The molecule has 1 N–H and O–H groups in total. The van der Waals surface area contributed by atoms with E-state index < -0.39 is 4.92 Å². The second kappa shape index (κ2) is 6.05. The lowest BCUT2D eigenvalue weighted by Gasteiger charge is -2.09. The first-order valence-electron chi connectivity index (χ1n) is 6.60. The van der Waals surface area contributed by atoms with E-state index in [4.69, 9.17) is 16.3 Å². The molecule has 2 aromatic carbocycles. The molecule has 1 aromatic heterocycles. The summed E-state index contributed by atoms with van der Waals surface area (Å²) >= 11 is 6.11. The number of nitrogens with one attached hydrogen (secondary N) is 1. The van der Waals surface area contributed by atoms with Crippen LogP contribution in [0.2, 0.25) is 5.15 Å². The second-order valence-electron chi connectivity index (χ2n) is 4.62. The van der Waals surface area contributed by atoms with Crippen LogP contribution in [-0.4, -0.2) is 22.0 Å². The number of rotatable bonds is 4. The molecule has 0 aliphatic carbocycles. The molecule has 1 heterocycles. The number of benzene rings is 2. The topological polar surface area (TPSA) is 90.2 Å². The Labute approximate surface area is 136 Å². The van der Waals surface area contributed by atoms with E-state index in [0.717, 1.165) is 0 Å². The first kappa shape index (κ1) is 15.0. The second-order valence-corrected chi connectivity index (χ2v) is 4.97. The van der Waals surface area contributed by atoms with Gasteiger partial charge in [-0.3, -0.25) is 10.1 Å². The molecule has 3 rings (SSSR count). The predicted molar refractivity (Wildman–Crippen MR) is 87.5 cm³/mol. The fourth-order valence-corrected chi connectivity index (χ4v) is 2.26. The number of nitro benzene ring substituents is 1. The lowest BCUT2D eigenvalue weighted by atomic mass is 10.2. The number of fused-ring (bicyclic) bond motifs is 1. The minimum absolute atomic E-state index is 0.133. The standard InChI is InChI=1S/C15H11ClN4O3/c1-23-9-6-7-12(13(8-9)20(21)22)19-15-14(16)17-10-4-2-3-5-11(10)18-15/h2-8H,1H3,(H,18,19). The fourth-order valence-electron chi connectivity index (χ4n) is 2.08. The van der Waals surface area contributed by atoms with E-state index in [1.807, 2.05) is 12.1 Å². The first-order chi connectivity index (χ1) is 11.1. The third-order valence-corrected chi connectivity index (χ3v) is 3.45. The number of para-hydroxylation sites is 2. The molecule has 7 nitrogen and oxygen atoms in total. The molecule has 0 unspecified atom stereocenters. The summed E-state index contributed by atoms with van der Waals surface area (Å²) < 4.78 is 5.01. The number of ether oxygens (including phenoxy) is 1. The molecule has 0 atom stereocenters. The Morgan fingerprint density at radius 2 is 1.87 bits per heavy atom. The van der Waals surface area contributed by atoms with Crippen LogP contribution in [0.15, 0.2) is 42.5 Å². The van der Waals surface area contributed by atoms with E-state index in [2.05, 4.69) is 15.3 Å². The molecule has 0 saturated carbocycles. The fraction of sp³-hybridized carbons (Fsp3) is 0.0667. The Kier molecular flexibility index (Phi) is 3.94. The lowest BCUT2D eigenvalue weighted by Crippen LogP contribution is -2.01. The molecule has 23 heavy (non-hydrogen) atoms. The minimum atomic E-state index is -0.507. The van der Waals surface area contributed by atoms with Gasteiger partial charge < -0.3 is 10.1 Å². The maximum atomic E-state index is 11.2. The van der Waals surface area contributed by atoms with Gasteiger partial charge in [0.15, 0.2) is 11.0 Å². The number of nitrogens with zero attached hydrogens (tertiary/aromatic N) is 3. The van der Waals surface area contributed by atoms with Crippen LogP contribution in [-0.2, 0) is 0 Å². The Hall–Kier alpha value is -2.93. The normalized spacial score (nSPS) is 10.5. The van der Waals surface area contributed by atoms with Crippen molar-refractivity contribution in [3.8, 4) is 5.75 Å². The Bertz CT molecular complexity index is 901. The molecule has 8 heteroatoms. The van der Waals surface area contributed by atoms with Gasteiger partial charge in [0.25, 0.3) is 5.69 Å². The van der Waals surface area contributed by atoms with E-state index in [-0.39, 0.29) is 22.3 Å². The summed E-state index contributed by atoms with van der Waals surface area (Å²) in [6.07, 6.45) is 0. The summed E-state index contributed by atoms with van der Waals surface area (Å²) in [6.45, 7) is 0. The highest BCUT2D eigenvalue weighted by molar-refractivity contribution is 6.32. The van der Waals surface area contributed by atoms with Crippen molar-refractivity contribution in [2.45, 2.75) is 0 Å². The maximum absolute atomic E-state index is 11.2. The maximum Gasteiger partial charge on any atom is 0.296 e. The molecule has 0 aliphatic heterocycles. The molecular weight excluding hydrogens is 320 g/mol. The summed E-state index contributed by atoms with van der Waals surface area (Å²) in [5, 5.41) is 14.2. The zero-order valence-corrected chi connectivity index (χ0v) is 12.7. The van der Waals surface area contributed by atoms with Crippen LogP contribution in [0.4, 0.5) is 17.2 Å². The predicted octanol–water partition coefficient (Wildman–Crippen LogP) is 3.94. The van der Waals surface area contributed by atoms with Gasteiger partial charge in [0.05, 0.1) is 29.1 Å². The van der Waals surface area contributed by atoms with Gasteiger partial charge in [0, 0.05) is 0 Å². The van der Waals surface area contributed by atoms with Gasteiger partial charge in [0.2, 0.25) is 0 Å². The molecule has 0 fully saturated rings. The zero-order chi connectivity index (χ0) is 16.4. The highest BCUT2D eigenvalue weighted by atomic mass is 35.5. The van der Waals surface area contributed by atoms with E-state index in [1.54, 1.807) is 18.2 Å². The van der Waals surface area contributed by atoms with E-state index >= 15 is 0 Å². The number of aromatic nitrogens is 2. The van der Waals surface area contributed by atoms with Gasteiger partial charge in [-0.1, -0.05) is 23.7 Å². The number of nitro groups is 1. The summed E-state index contributed by atoms with van der Waals surface area (Å²) in [7, 11) is 1.44. The van der Waals surface area contributed by atoms with E-state index in [1.165, 1.54) is 19.2 Å². The van der Waals surface area contributed by atoms with Crippen molar-refractivity contribution in [1.29, 1.82) is 0 Å². The molecular formula is C15H11ClN4O3. The molecule has 0 saturated heterocycles. The SMILES string of the molecule is COc1ccc(Nc2nc3ccccc3nc2Cl)c([N+](=O)[O-])c1. The van der Waals surface area contributed by atoms with Crippen molar-refractivity contribution in [1.82, 2.24) is 9.97 Å². The van der Waals surface area contributed by atoms with Crippen molar-refractivity contribution in [3.63, 3.8) is 0 Å². The van der Waals surface area contributed by atoms with Crippen LogP contribution in [0.3, 0.4) is 0 Å². The van der Waals surface area contributed by atoms with Gasteiger partial charge >= 0.3 is 0 Å². The van der Waals surface area contributed by atoms with Crippen molar-refractivity contribution in [3.05, 3.63) is 57.7 Å². The molecule has 3 aromatic rings. The highest BCUT2D eigenvalue weighted by Crippen LogP contribution is 2.33. The third-order valence-electron chi connectivity index (χ3n) is 3.18. The van der Waals surface area contributed by atoms with Gasteiger partial charge in [-0.2, -0.15) is 0 Å². The summed E-state index contributed by atoms with van der Waals surface area (Å²) in [5.74, 6) is 0.636. The summed E-state index contributed by atoms with van der Waals surface area (Å²) in [4.78, 5) is 19.3. The Morgan fingerprint density at radius 1 is 1.17 bits per heavy atom. The average Bonchev–Trinajstić information content (AvgIpc) is 2.55. The summed E-state index contributed by atoms with van der Waals surface area (Å²) in [5.41, 5.74) is 1.39. The van der Waals surface area contributed by atoms with Gasteiger partial charge in [-0.25, -0.2) is 9.97 Å². The molecule has 0 spiro atoms. The lowest BCUT2D eigenvalue weighted by molar-refractivity contribution is -0.384. The average molecular weight is 331 g/mol. The van der Waals surface area contributed by atoms with Crippen LogP contribution in [0.25, 0.3) is 11.0 Å². The number of methoxy groups -OCH3 is 1. The quantitative estimate of drug-likeness (QED) is 0.575. The number of anilines is 2. The van der Waals surface area contributed by atoms with Crippen LogP contribution in [0.5, 0.6) is 5.75 Å². The molecule has 0 aliphatic rings. The Morgan fingerprint density at radius 3 is 2.52 bits per heavy atom. The molecule has 0 bridgehead atoms. The van der Waals surface area contributed by atoms with Gasteiger partial charge in [0.1, 0.15) is 11.4 Å². The van der Waals surface area contributed by atoms with E-state index in [9.17, 15) is 10.1 Å². The van der Waals surface area contributed by atoms with Crippen LogP contribution < -0.4 is 10.1 Å². The number of hydrogen-bond acceptors (Lipinski definition) is 6. The van der Waals surface area contributed by atoms with Crippen molar-refractivity contribution >= 4 is 39.8 Å². The van der Waals surface area contributed by atoms with Crippen molar-refractivity contribution < 1.29 is 9.66 Å². The Balaban J connectivity index is 2.05. The molecule has 0 radical (unpaired) electrons. The van der Waals surface area contributed by atoms with Crippen molar-refractivity contribution in [2.24, 2.45) is 0 Å². The molecule has 116 valence electrons. The van der Waals surface area contributed by atoms with Crippen LogP contribution >= 0.6 is 11.6 Å². The van der Waals surface area contributed by atoms with Gasteiger partial charge in [-0.05, 0) is 24.3 Å². The third kappa shape index (κ3) is 3.00. The number of halogens is 1. The zero-order valence-electron chi connectivity index (χ0n) is 12.0. The smallest absolute Gasteiger partial charge is 0.296 e. The minimum Gasteiger partial charge on any atom is -0.496 e. The number of hydrogen-bond donors (Lipinski definition) is 1.